The quantitative estimate of drug-likeness (QED) is 0.423. The molecule has 0 aliphatic rings. The van der Waals surface area contributed by atoms with E-state index in [9.17, 15) is 9.90 Å². The number of hydrogen-bond donors (Lipinski definition) is 3. The second-order valence-corrected chi connectivity index (χ2v) is 7.12. The average Bonchev–Trinajstić information content (AvgIpc) is 3.19. The van der Waals surface area contributed by atoms with E-state index in [1.54, 1.807) is 30.3 Å². The van der Waals surface area contributed by atoms with E-state index in [4.69, 9.17) is 4.74 Å². The van der Waals surface area contributed by atoms with Gasteiger partial charge in [0, 0.05) is 28.9 Å². The zero-order chi connectivity index (χ0) is 22.7. The van der Waals surface area contributed by atoms with Gasteiger partial charge in [-0.05, 0) is 36.8 Å². The Labute approximate surface area is 183 Å². The summed E-state index contributed by atoms with van der Waals surface area (Å²) in [6.45, 7) is 1.50. The number of carbonyl (C=O) groups excluding carboxylic acids is 1. The summed E-state index contributed by atoms with van der Waals surface area (Å²) in [4.78, 5) is 25.6. The summed E-state index contributed by atoms with van der Waals surface area (Å²) in [5.74, 6) is -0.0417. The van der Waals surface area contributed by atoms with Crippen LogP contribution in [0.3, 0.4) is 0 Å². The van der Waals surface area contributed by atoms with Gasteiger partial charge >= 0.3 is 6.03 Å². The number of nitrogens with one attached hydrogen (secondary N) is 2. The molecule has 0 aliphatic heterocycles. The summed E-state index contributed by atoms with van der Waals surface area (Å²) in [5, 5.41) is 13.0. The molecule has 0 saturated carbocycles. The number of aromatic nitrogens is 3. The molecule has 0 aliphatic carbocycles. The van der Waals surface area contributed by atoms with Gasteiger partial charge in [-0.15, -0.1) is 0 Å². The number of anilines is 2. The van der Waals surface area contributed by atoms with Crippen LogP contribution in [0.1, 0.15) is 5.56 Å². The van der Waals surface area contributed by atoms with Crippen molar-refractivity contribution in [3.8, 4) is 17.0 Å². The number of nitrogens with zero attached hydrogens (tertiary/aromatic N) is 3. The normalized spacial score (nSPS) is 10.9. The Balaban J connectivity index is 1.66. The second kappa shape index (κ2) is 9.03. The van der Waals surface area contributed by atoms with Crippen molar-refractivity contribution in [2.45, 2.75) is 6.92 Å². The van der Waals surface area contributed by atoms with Gasteiger partial charge in [-0.1, -0.05) is 12.1 Å². The highest BCUT2D eigenvalue weighted by Crippen LogP contribution is 2.31. The molecule has 164 valence electrons. The van der Waals surface area contributed by atoms with Gasteiger partial charge in [0.15, 0.2) is 0 Å². The highest BCUT2D eigenvalue weighted by atomic mass is 19.1. The van der Waals surface area contributed by atoms with Crippen LogP contribution in [0, 0.1) is 12.7 Å². The van der Waals surface area contributed by atoms with Crippen LogP contribution in [0.5, 0.6) is 5.75 Å². The molecule has 0 bridgehead atoms. The lowest BCUT2D eigenvalue weighted by Gasteiger charge is -2.23. The van der Waals surface area contributed by atoms with E-state index in [2.05, 4.69) is 20.3 Å². The van der Waals surface area contributed by atoms with E-state index in [1.807, 2.05) is 13.1 Å². The van der Waals surface area contributed by atoms with E-state index >= 15 is 4.39 Å². The predicted molar refractivity (Wildman–Crippen MR) is 120 cm³/mol. The molecule has 0 fully saturated rings. The summed E-state index contributed by atoms with van der Waals surface area (Å²) in [6, 6.07) is 10.8. The van der Waals surface area contributed by atoms with Crippen molar-refractivity contribution in [2.24, 2.45) is 0 Å². The van der Waals surface area contributed by atoms with Gasteiger partial charge < -0.3 is 20.1 Å². The number of aliphatic hydroxyl groups is 1. The third-order valence-corrected chi connectivity index (χ3v) is 5.07. The Morgan fingerprint density at radius 1 is 1.25 bits per heavy atom. The number of urea groups is 1. The summed E-state index contributed by atoms with van der Waals surface area (Å²) >= 11 is 0. The van der Waals surface area contributed by atoms with Crippen LogP contribution in [-0.4, -0.2) is 46.4 Å². The first-order valence-electron chi connectivity index (χ1n) is 9.94. The minimum atomic E-state index is -0.614. The molecule has 4 rings (SSSR count). The number of carbonyl (C=O) groups is 1. The fraction of sp³-hybridized carbons (Fsp3) is 0.174. The Morgan fingerprint density at radius 3 is 2.84 bits per heavy atom. The minimum absolute atomic E-state index is 0.0410. The average molecular weight is 435 g/mol. The van der Waals surface area contributed by atoms with Crippen LogP contribution in [0.2, 0.25) is 0 Å². The number of benzene rings is 2. The molecule has 2 aromatic carbocycles. The molecular formula is C23H22FN5O3. The van der Waals surface area contributed by atoms with Gasteiger partial charge in [-0.25, -0.2) is 19.2 Å². The van der Waals surface area contributed by atoms with Crippen LogP contribution < -0.4 is 15.0 Å². The molecule has 2 heterocycles. The number of halogens is 1. The number of amides is 2. The summed E-state index contributed by atoms with van der Waals surface area (Å²) < 4.78 is 20.3. The minimum Gasteiger partial charge on any atom is -0.497 e. The van der Waals surface area contributed by atoms with E-state index in [0.29, 0.717) is 28.3 Å². The number of methoxy groups -OCH3 is 1. The Kier molecular flexibility index (Phi) is 6.00. The molecule has 0 radical (unpaired) electrons. The SMILES string of the molecule is COc1cccc(NC(=O)N(CCO)c2ccc(-c3ncnc4[nH]cc(C)c34)cc2F)c1. The number of aliphatic hydroxyl groups excluding tert-OH is 1. The molecule has 9 heteroatoms. The van der Waals surface area contributed by atoms with E-state index < -0.39 is 11.8 Å². The van der Waals surface area contributed by atoms with Crippen molar-refractivity contribution in [3.05, 3.63) is 66.4 Å². The highest BCUT2D eigenvalue weighted by molar-refractivity contribution is 6.02. The van der Waals surface area contributed by atoms with Crippen LogP contribution in [0.4, 0.5) is 20.6 Å². The van der Waals surface area contributed by atoms with Gasteiger partial charge in [0.2, 0.25) is 0 Å². The topological polar surface area (TPSA) is 103 Å². The largest absolute Gasteiger partial charge is 0.497 e. The fourth-order valence-electron chi connectivity index (χ4n) is 3.53. The molecular weight excluding hydrogens is 413 g/mol. The number of fused-ring (bicyclic) bond motifs is 1. The zero-order valence-corrected chi connectivity index (χ0v) is 17.6. The van der Waals surface area contributed by atoms with Gasteiger partial charge in [0.05, 0.1) is 31.6 Å². The fourth-order valence-corrected chi connectivity index (χ4v) is 3.53. The maximum Gasteiger partial charge on any atom is 0.326 e. The lowest BCUT2D eigenvalue weighted by atomic mass is 10.1. The van der Waals surface area contributed by atoms with Crippen LogP contribution in [0.15, 0.2) is 55.0 Å². The van der Waals surface area contributed by atoms with Crippen molar-refractivity contribution in [2.75, 3.05) is 30.5 Å². The van der Waals surface area contributed by atoms with Gasteiger partial charge in [-0.2, -0.15) is 0 Å². The Morgan fingerprint density at radius 2 is 2.09 bits per heavy atom. The van der Waals surface area contributed by atoms with Crippen LogP contribution in [-0.2, 0) is 0 Å². The van der Waals surface area contributed by atoms with Gasteiger partial charge in [-0.3, -0.25) is 4.90 Å². The molecule has 0 unspecified atom stereocenters. The van der Waals surface area contributed by atoms with Crippen LogP contribution in [0.25, 0.3) is 22.3 Å². The third-order valence-electron chi connectivity index (χ3n) is 5.07. The van der Waals surface area contributed by atoms with Crippen molar-refractivity contribution in [3.63, 3.8) is 0 Å². The number of aromatic amines is 1. The summed E-state index contributed by atoms with van der Waals surface area (Å²) in [6.07, 6.45) is 3.23. The van der Waals surface area contributed by atoms with Crippen molar-refractivity contribution in [1.82, 2.24) is 15.0 Å². The summed E-state index contributed by atoms with van der Waals surface area (Å²) in [5.41, 5.74) is 3.28. The smallest absolute Gasteiger partial charge is 0.326 e. The molecule has 8 nitrogen and oxygen atoms in total. The molecule has 0 spiro atoms. The van der Waals surface area contributed by atoms with Gasteiger partial charge in [0.25, 0.3) is 0 Å². The Hall–Kier alpha value is -3.98. The first-order valence-corrected chi connectivity index (χ1v) is 9.94. The maximum atomic E-state index is 15.2. The molecule has 0 atom stereocenters. The zero-order valence-electron chi connectivity index (χ0n) is 17.6. The first kappa shape index (κ1) is 21.3. The molecule has 4 aromatic rings. The van der Waals surface area contributed by atoms with Gasteiger partial charge in [0.1, 0.15) is 23.5 Å². The molecule has 0 saturated heterocycles. The molecule has 2 amide bonds. The molecule has 32 heavy (non-hydrogen) atoms. The molecule has 2 aromatic heterocycles. The predicted octanol–water partition coefficient (Wildman–Crippen LogP) is 4.11. The van der Waals surface area contributed by atoms with E-state index in [-0.39, 0.29) is 18.8 Å². The summed E-state index contributed by atoms with van der Waals surface area (Å²) in [7, 11) is 1.52. The third kappa shape index (κ3) is 4.10. The number of aryl methyl sites for hydroxylation is 1. The Bertz CT molecular complexity index is 1270. The number of hydrogen-bond acceptors (Lipinski definition) is 5. The van der Waals surface area contributed by atoms with Crippen molar-refractivity contribution in [1.29, 1.82) is 0 Å². The number of rotatable bonds is 6. The number of ether oxygens (including phenoxy) is 1. The van der Waals surface area contributed by atoms with Crippen LogP contribution >= 0.6 is 0 Å². The van der Waals surface area contributed by atoms with Crippen molar-refractivity contribution >= 4 is 28.4 Å². The first-order chi connectivity index (χ1) is 15.5. The van der Waals surface area contributed by atoms with E-state index in [0.717, 1.165) is 15.8 Å². The number of H-pyrrole nitrogens is 1. The monoisotopic (exact) mass is 435 g/mol. The standard InChI is InChI=1S/C23H22FN5O3/c1-14-12-25-22-20(14)21(26-13-27-22)15-6-7-19(18(24)10-15)29(8-9-30)23(31)28-16-4-3-5-17(11-16)32-2/h3-7,10-13,30H,8-9H2,1-2H3,(H,28,31)(H,25,26,27). The lowest BCUT2D eigenvalue weighted by molar-refractivity contribution is 0.251. The van der Waals surface area contributed by atoms with E-state index in [1.165, 1.54) is 25.6 Å². The lowest BCUT2D eigenvalue weighted by Crippen LogP contribution is -2.37. The second-order valence-electron chi connectivity index (χ2n) is 7.12. The van der Waals surface area contributed by atoms with Crippen molar-refractivity contribution < 1.29 is 19.0 Å². The maximum absolute atomic E-state index is 15.2. The molecule has 3 N–H and O–H groups in total. The highest BCUT2D eigenvalue weighted by Gasteiger charge is 2.21.